The number of furan rings is 1. The van der Waals surface area contributed by atoms with E-state index in [4.69, 9.17) is 4.42 Å². The molecule has 1 aromatic carbocycles. The maximum Gasteiger partial charge on any atom is 0.134 e. The van der Waals surface area contributed by atoms with E-state index >= 15 is 0 Å². The van der Waals surface area contributed by atoms with Crippen LogP contribution in [-0.2, 0) is 6.42 Å². The highest BCUT2D eigenvalue weighted by Crippen LogP contribution is 2.51. The third-order valence-electron chi connectivity index (χ3n) is 6.52. The van der Waals surface area contributed by atoms with E-state index in [0.717, 1.165) is 23.5 Å². The second kappa shape index (κ2) is 4.61. The number of rotatable bonds is 1. The Morgan fingerprint density at radius 3 is 3.05 bits per heavy atom. The Morgan fingerprint density at radius 2 is 2.18 bits per heavy atom. The number of fused-ring (bicyclic) bond motifs is 4. The van der Waals surface area contributed by atoms with Crippen molar-refractivity contribution >= 4 is 11.0 Å². The fourth-order valence-electron chi connectivity index (χ4n) is 5.65. The molecule has 2 nitrogen and oxygen atoms in total. The van der Waals surface area contributed by atoms with E-state index in [9.17, 15) is 0 Å². The molecule has 1 saturated carbocycles. The predicted molar refractivity (Wildman–Crippen MR) is 89.3 cm³/mol. The molecule has 0 spiro atoms. The van der Waals surface area contributed by atoms with Crippen molar-refractivity contribution in [3.05, 3.63) is 35.1 Å². The van der Waals surface area contributed by atoms with Crippen LogP contribution >= 0.6 is 0 Å². The van der Waals surface area contributed by atoms with Gasteiger partial charge in [0.15, 0.2) is 0 Å². The maximum atomic E-state index is 6.46. The first-order valence-corrected chi connectivity index (χ1v) is 9.00. The Morgan fingerprint density at radius 1 is 1.27 bits per heavy atom. The third-order valence-corrected chi connectivity index (χ3v) is 6.52. The van der Waals surface area contributed by atoms with Crippen molar-refractivity contribution in [1.29, 1.82) is 0 Å². The van der Waals surface area contributed by atoms with Gasteiger partial charge in [0.25, 0.3) is 0 Å². The summed E-state index contributed by atoms with van der Waals surface area (Å²) in [5.41, 5.74) is 3.94. The van der Waals surface area contributed by atoms with E-state index in [0.29, 0.717) is 5.92 Å². The van der Waals surface area contributed by atoms with Crippen LogP contribution in [0.3, 0.4) is 0 Å². The van der Waals surface area contributed by atoms with Crippen molar-refractivity contribution in [2.24, 2.45) is 11.8 Å². The predicted octanol–water partition coefficient (Wildman–Crippen LogP) is 4.50. The molecule has 2 saturated heterocycles. The van der Waals surface area contributed by atoms with Crippen LogP contribution in [0.2, 0.25) is 0 Å². The van der Waals surface area contributed by atoms with E-state index in [1.54, 1.807) is 0 Å². The maximum absolute atomic E-state index is 6.46. The summed E-state index contributed by atoms with van der Waals surface area (Å²) in [6, 6.07) is 7.47. The van der Waals surface area contributed by atoms with Gasteiger partial charge in [-0.05, 0) is 49.7 Å². The molecule has 4 aliphatic rings. The standard InChI is InChI=1S/C20H25NO/c1-3-14-9-13-10-17-19(14)21(11-13)7-6-16-15-5-4-12(2)8-18(15)22-20(16)17/h4-5,8,13-14,17,19H,3,6-7,9-11H2,1-2H3. The van der Waals surface area contributed by atoms with Crippen molar-refractivity contribution in [2.45, 2.75) is 51.5 Å². The van der Waals surface area contributed by atoms with Crippen molar-refractivity contribution in [1.82, 2.24) is 4.90 Å². The summed E-state index contributed by atoms with van der Waals surface area (Å²) in [6.45, 7) is 7.09. The topological polar surface area (TPSA) is 16.4 Å². The molecule has 3 fully saturated rings. The summed E-state index contributed by atoms with van der Waals surface area (Å²) in [7, 11) is 0. The van der Waals surface area contributed by atoms with Gasteiger partial charge in [-0.25, -0.2) is 0 Å². The van der Waals surface area contributed by atoms with Gasteiger partial charge in [-0.3, -0.25) is 4.90 Å². The fraction of sp³-hybridized carbons (Fsp3) is 0.600. The first-order chi connectivity index (χ1) is 10.7. The third kappa shape index (κ3) is 1.70. The highest BCUT2D eigenvalue weighted by atomic mass is 16.3. The van der Waals surface area contributed by atoms with Gasteiger partial charge in [-0.1, -0.05) is 25.5 Å². The van der Waals surface area contributed by atoms with Gasteiger partial charge in [0.1, 0.15) is 11.3 Å². The Kier molecular flexibility index (Phi) is 2.76. The molecular formula is C20H25NO. The molecule has 5 atom stereocenters. The summed E-state index contributed by atoms with van der Waals surface area (Å²) >= 11 is 0. The lowest BCUT2D eigenvalue weighted by molar-refractivity contribution is -0.0169. The molecule has 6 rings (SSSR count). The molecule has 4 bridgehead atoms. The largest absolute Gasteiger partial charge is 0.460 e. The van der Waals surface area contributed by atoms with Crippen LogP contribution < -0.4 is 0 Å². The number of hydrogen-bond acceptors (Lipinski definition) is 2. The molecule has 0 radical (unpaired) electrons. The monoisotopic (exact) mass is 295 g/mol. The van der Waals surface area contributed by atoms with Crippen molar-refractivity contribution in [3.63, 3.8) is 0 Å². The highest BCUT2D eigenvalue weighted by molar-refractivity contribution is 5.83. The van der Waals surface area contributed by atoms with Gasteiger partial charge in [-0.15, -0.1) is 0 Å². The molecule has 4 heterocycles. The van der Waals surface area contributed by atoms with Crippen LogP contribution in [-0.4, -0.2) is 24.0 Å². The van der Waals surface area contributed by atoms with Gasteiger partial charge in [0.05, 0.1) is 0 Å². The van der Waals surface area contributed by atoms with E-state index in [2.05, 4.69) is 36.9 Å². The van der Waals surface area contributed by atoms with E-state index < -0.39 is 0 Å². The minimum Gasteiger partial charge on any atom is -0.460 e. The normalized spacial score (nSPS) is 36.4. The molecule has 2 aromatic rings. The SMILES string of the molecule is CCC1CC2CC3c4oc5cc(C)ccc5c4CCN(C2)C13. The van der Waals surface area contributed by atoms with E-state index in [-0.39, 0.29) is 0 Å². The second-order valence-electron chi connectivity index (χ2n) is 7.79. The number of aryl methyl sites for hydroxylation is 1. The molecule has 2 heteroatoms. The summed E-state index contributed by atoms with van der Waals surface area (Å²) in [5, 5.41) is 1.37. The summed E-state index contributed by atoms with van der Waals surface area (Å²) in [6.07, 6.45) is 5.29. The quantitative estimate of drug-likeness (QED) is 0.770. The van der Waals surface area contributed by atoms with Crippen LogP contribution in [0.15, 0.2) is 22.6 Å². The first-order valence-electron chi connectivity index (χ1n) is 9.00. The number of nitrogens with zero attached hydrogens (tertiary/aromatic N) is 1. The van der Waals surface area contributed by atoms with Gasteiger partial charge in [0, 0.05) is 36.0 Å². The minimum atomic E-state index is 0.641. The Labute approximate surface area is 132 Å². The molecule has 22 heavy (non-hydrogen) atoms. The molecule has 5 unspecified atom stereocenters. The second-order valence-corrected chi connectivity index (χ2v) is 7.79. The zero-order valence-corrected chi connectivity index (χ0v) is 13.6. The Balaban J connectivity index is 1.68. The van der Waals surface area contributed by atoms with Gasteiger partial charge < -0.3 is 4.42 Å². The lowest BCUT2D eigenvalue weighted by atomic mass is 9.65. The molecule has 1 aromatic heterocycles. The number of piperidine rings is 2. The van der Waals surface area contributed by atoms with Gasteiger partial charge >= 0.3 is 0 Å². The number of hydrogen-bond donors (Lipinski definition) is 0. The molecule has 1 aliphatic carbocycles. The van der Waals surface area contributed by atoms with Gasteiger partial charge in [0.2, 0.25) is 0 Å². The summed E-state index contributed by atoms with van der Waals surface area (Å²) in [5.74, 6) is 3.75. The fourth-order valence-corrected chi connectivity index (χ4v) is 5.65. The summed E-state index contributed by atoms with van der Waals surface area (Å²) < 4.78 is 6.46. The van der Waals surface area contributed by atoms with E-state index in [1.807, 2.05) is 0 Å². The molecule has 3 aliphatic heterocycles. The van der Waals surface area contributed by atoms with Crippen molar-refractivity contribution < 1.29 is 4.42 Å². The molecule has 116 valence electrons. The smallest absolute Gasteiger partial charge is 0.134 e. The van der Waals surface area contributed by atoms with Crippen LogP contribution in [0, 0.1) is 18.8 Å². The lowest BCUT2D eigenvalue weighted by Gasteiger charge is -2.52. The number of benzene rings is 1. The molecule has 0 N–H and O–H groups in total. The van der Waals surface area contributed by atoms with Crippen LogP contribution in [0.1, 0.15) is 49.0 Å². The van der Waals surface area contributed by atoms with Crippen molar-refractivity contribution in [2.75, 3.05) is 13.1 Å². The van der Waals surface area contributed by atoms with E-state index in [1.165, 1.54) is 61.0 Å². The summed E-state index contributed by atoms with van der Waals surface area (Å²) in [4.78, 5) is 2.80. The molecule has 0 amide bonds. The highest BCUT2D eigenvalue weighted by Gasteiger charge is 2.49. The van der Waals surface area contributed by atoms with Crippen LogP contribution in [0.25, 0.3) is 11.0 Å². The van der Waals surface area contributed by atoms with Gasteiger partial charge in [-0.2, -0.15) is 0 Å². The Bertz CT molecular complexity index is 731. The molecular weight excluding hydrogens is 270 g/mol. The van der Waals surface area contributed by atoms with Crippen LogP contribution in [0.5, 0.6) is 0 Å². The van der Waals surface area contributed by atoms with Crippen LogP contribution in [0.4, 0.5) is 0 Å². The zero-order valence-electron chi connectivity index (χ0n) is 13.6. The minimum absolute atomic E-state index is 0.641. The zero-order chi connectivity index (χ0) is 14.8. The first kappa shape index (κ1) is 13.2. The lowest BCUT2D eigenvalue weighted by Crippen LogP contribution is -2.56. The average molecular weight is 295 g/mol. The average Bonchev–Trinajstić information content (AvgIpc) is 2.85. The van der Waals surface area contributed by atoms with Crippen molar-refractivity contribution in [3.8, 4) is 0 Å². The Hall–Kier alpha value is -1.28.